The highest BCUT2D eigenvalue weighted by Gasteiger charge is 2.40. The highest BCUT2D eigenvalue weighted by atomic mass is 32.2. The van der Waals surface area contributed by atoms with E-state index in [1.807, 2.05) is 24.3 Å². The van der Waals surface area contributed by atoms with Crippen molar-refractivity contribution in [3.8, 4) is 17.0 Å². The Kier molecular flexibility index (Phi) is 4.66. The number of hydrogen-bond donors (Lipinski definition) is 1. The number of ether oxygens (including phenoxy) is 1. The molecule has 2 aromatic heterocycles. The monoisotopic (exact) mass is 447 g/mol. The Balaban J connectivity index is 1.38. The van der Waals surface area contributed by atoms with Gasteiger partial charge in [-0.3, -0.25) is 4.79 Å². The van der Waals surface area contributed by atoms with Crippen LogP contribution in [0.3, 0.4) is 0 Å². The third kappa shape index (κ3) is 3.25. The number of aromatic nitrogens is 1. The molecule has 1 saturated heterocycles. The second-order valence-electron chi connectivity index (χ2n) is 6.77. The van der Waals surface area contributed by atoms with Gasteiger partial charge in [-0.05, 0) is 36.4 Å². The number of amides is 1. The molecule has 29 heavy (non-hydrogen) atoms. The number of carbonyl (C=O) groups excluding carboxylic acids is 1. The Bertz CT molecular complexity index is 1170. The molecule has 5 rings (SSSR count). The van der Waals surface area contributed by atoms with Crippen LogP contribution in [0, 0.1) is 0 Å². The molecule has 10 heteroatoms. The number of thiazole rings is 1. The summed E-state index contributed by atoms with van der Waals surface area (Å²) in [5.41, 5.74) is 1.70. The lowest BCUT2D eigenvalue weighted by Crippen LogP contribution is -2.42. The molecule has 7 nitrogen and oxygen atoms in total. The van der Waals surface area contributed by atoms with Crippen molar-refractivity contribution in [2.75, 3.05) is 11.9 Å². The number of rotatable bonds is 4. The third-order valence-electron chi connectivity index (χ3n) is 4.99. The van der Waals surface area contributed by atoms with E-state index in [4.69, 9.17) is 4.74 Å². The van der Waals surface area contributed by atoms with Crippen LogP contribution in [0.4, 0.5) is 5.13 Å². The summed E-state index contributed by atoms with van der Waals surface area (Å²) < 4.78 is 33.1. The van der Waals surface area contributed by atoms with Crippen LogP contribution in [0.2, 0.25) is 0 Å². The molecule has 3 aromatic rings. The first-order valence-electron chi connectivity index (χ1n) is 9.12. The largest absolute Gasteiger partial charge is 0.487 e. The Morgan fingerprint density at radius 1 is 1.24 bits per heavy atom. The molecule has 0 radical (unpaired) electrons. The van der Waals surface area contributed by atoms with E-state index in [1.54, 1.807) is 17.5 Å². The number of thiophene rings is 1. The van der Waals surface area contributed by atoms with Gasteiger partial charge in [-0.2, -0.15) is 4.31 Å². The van der Waals surface area contributed by atoms with Gasteiger partial charge < -0.3 is 10.1 Å². The van der Waals surface area contributed by atoms with Crippen molar-refractivity contribution >= 4 is 43.7 Å². The van der Waals surface area contributed by atoms with Gasteiger partial charge in [0.1, 0.15) is 22.6 Å². The molecule has 2 aliphatic rings. The van der Waals surface area contributed by atoms with Crippen molar-refractivity contribution in [1.29, 1.82) is 0 Å². The van der Waals surface area contributed by atoms with Crippen LogP contribution in [0.5, 0.6) is 5.75 Å². The van der Waals surface area contributed by atoms with Gasteiger partial charge >= 0.3 is 0 Å². The quantitative estimate of drug-likeness (QED) is 0.661. The van der Waals surface area contributed by atoms with Gasteiger partial charge in [-0.15, -0.1) is 11.3 Å². The number of carbonyl (C=O) groups is 1. The molecule has 1 unspecified atom stereocenters. The fraction of sp³-hybridized carbons (Fsp3) is 0.263. The molecule has 1 aromatic carbocycles. The molecule has 4 heterocycles. The number of nitrogens with zero attached hydrogens (tertiary/aromatic N) is 2. The molecule has 0 bridgehead atoms. The van der Waals surface area contributed by atoms with Crippen molar-refractivity contribution in [1.82, 2.24) is 9.29 Å². The number of sulfonamides is 1. The lowest BCUT2D eigenvalue weighted by atomic mass is 10.1. The minimum absolute atomic E-state index is 0.260. The van der Waals surface area contributed by atoms with Gasteiger partial charge in [0.15, 0.2) is 5.13 Å². The maximum atomic E-state index is 12.9. The summed E-state index contributed by atoms with van der Waals surface area (Å²) in [5.74, 6) is 0.426. The van der Waals surface area contributed by atoms with E-state index in [0.29, 0.717) is 31.1 Å². The molecule has 1 amide bonds. The second-order valence-corrected chi connectivity index (χ2v) is 10.9. The normalized spacial score (nSPS) is 18.7. The van der Waals surface area contributed by atoms with E-state index >= 15 is 0 Å². The maximum Gasteiger partial charge on any atom is 0.253 e. The third-order valence-corrected chi connectivity index (χ3v) is 9.22. The molecule has 150 valence electrons. The molecular formula is C19H17N3O4S3. The zero-order chi connectivity index (χ0) is 20.0. The van der Waals surface area contributed by atoms with Crippen LogP contribution in [-0.4, -0.2) is 36.2 Å². The molecule has 0 aliphatic carbocycles. The summed E-state index contributed by atoms with van der Waals surface area (Å²) in [4.78, 5) is 18.4. The van der Waals surface area contributed by atoms with Crippen LogP contribution in [-0.2, 0) is 21.4 Å². The van der Waals surface area contributed by atoms with Crippen molar-refractivity contribution in [3.63, 3.8) is 0 Å². The first-order chi connectivity index (χ1) is 14.0. The number of nitrogens with one attached hydrogen (secondary N) is 1. The average Bonchev–Trinajstić information content (AvgIpc) is 3.47. The van der Waals surface area contributed by atoms with Crippen molar-refractivity contribution in [2.24, 2.45) is 0 Å². The summed E-state index contributed by atoms with van der Waals surface area (Å²) >= 11 is 2.52. The Morgan fingerprint density at radius 2 is 2.10 bits per heavy atom. The Morgan fingerprint density at radius 3 is 2.93 bits per heavy atom. The van der Waals surface area contributed by atoms with Crippen molar-refractivity contribution < 1.29 is 17.9 Å². The summed E-state index contributed by atoms with van der Waals surface area (Å²) in [7, 11) is -3.67. The van der Waals surface area contributed by atoms with Gasteiger partial charge in [0.05, 0.1) is 10.6 Å². The summed E-state index contributed by atoms with van der Waals surface area (Å²) in [6.07, 6.45) is 1.14. The molecule has 0 spiro atoms. The smallest absolute Gasteiger partial charge is 0.253 e. The average molecular weight is 448 g/mol. The number of para-hydroxylation sites is 1. The van der Waals surface area contributed by atoms with Crippen LogP contribution in [0.1, 0.15) is 17.7 Å². The molecule has 1 N–H and O–H groups in total. The Hall–Kier alpha value is -2.27. The van der Waals surface area contributed by atoms with E-state index in [0.717, 1.165) is 33.2 Å². The minimum atomic E-state index is -3.67. The molecular weight excluding hydrogens is 430 g/mol. The van der Waals surface area contributed by atoms with E-state index in [-0.39, 0.29) is 10.1 Å². The summed E-state index contributed by atoms with van der Waals surface area (Å²) in [6.45, 7) is 0.746. The fourth-order valence-electron chi connectivity index (χ4n) is 3.65. The zero-order valence-electron chi connectivity index (χ0n) is 15.2. The van der Waals surface area contributed by atoms with Gasteiger partial charge in [0.2, 0.25) is 5.91 Å². The number of hydrogen-bond acceptors (Lipinski definition) is 7. The standard InChI is InChI=1S/C19H17N3O4S3/c23-18(13-6-3-9-22(13)29(24,25)16-8-4-10-27-16)21-19-20-17-12-5-1-2-7-14(12)26-11-15(17)28-19/h1-2,4-5,7-8,10,13H,3,6,9,11H2,(H,20,21,23). The molecule has 0 saturated carbocycles. The highest BCUT2D eigenvalue weighted by Crippen LogP contribution is 2.41. The van der Waals surface area contributed by atoms with E-state index in [1.165, 1.54) is 15.6 Å². The summed E-state index contributed by atoms with van der Waals surface area (Å²) in [5, 5.41) is 5.01. The van der Waals surface area contributed by atoms with Crippen LogP contribution in [0.25, 0.3) is 11.3 Å². The first kappa shape index (κ1) is 18.7. The van der Waals surface area contributed by atoms with Crippen LogP contribution >= 0.6 is 22.7 Å². The molecule has 1 atom stereocenters. The Labute approximate surface area is 176 Å². The van der Waals surface area contributed by atoms with Gasteiger partial charge in [-0.1, -0.05) is 29.5 Å². The van der Waals surface area contributed by atoms with Gasteiger partial charge in [0.25, 0.3) is 10.0 Å². The summed E-state index contributed by atoms with van der Waals surface area (Å²) in [6, 6.07) is 10.2. The zero-order valence-corrected chi connectivity index (χ0v) is 17.6. The van der Waals surface area contributed by atoms with Gasteiger partial charge in [0, 0.05) is 12.1 Å². The first-order valence-corrected chi connectivity index (χ1v) is 12.3. The minimum Gasteiger partial charge on any atom is -0.487 e. The fourth-order valence-corrected chi connectivity index (χ4v) is 7.32. The number of anilines is 1. The molecule has 2 aliphatic heterocycles. The lowest BCUT2D eigenvalue weighted by Gasteiger charge is -2.22. The predicted molar refractivity (Wildman–Crippen MR) is 112 cm³/mol. The predicted octanol–water partition coefficient (Wildman–Crippen LogP) is 3.56. The molecule has 1 fully saturated rings. The van der Waals surface area contributed by atoms with Gasteiger partial charge in [-0.25, -0.2) is 13.4 Å². The van der Waals surface area contributed by atoms with Crippen molar-refractivity contribution in [2.45, 2.75) is 29.7 Å². The number of fused-ring (bicyclic) bond motifs is 3. The highest BCUT2D eigenvalue weighted by molar-refractivity contribution is 7.91. The van der Waals surface area contributed by atoms with Crippen molar-refractivity contribution in [3.05, 3.63) is 46.7 Å². The van der Waals surface area contributed by atoms with Crippen LogP contribution < -0.4 is 10.1 Å². The second kappa shape index (κ2) is 7.21. The van der Waals surface area contributed by atoms with E-state index in [2.05, 4.69) is 10.3 Å². The van der Waals surface area contributed by atoms with E-state index < -0.39 is 16.1 Å². The van der Waals surface area contributed by atoms with E-state index in [9.17, 15) is 13.2 Å². The SMILES string of the molecule is O=C(Nc1nc2c(s1)COc1ccccc1-2)C1CCCN1S(=O)(=O)c1cccs1. The number of benzene rings is 1. The van der Waals surface area contributed by atoms with Crippen LogP contribution in [0.15, 0.2) is 46.0 Å². The maximum absolute atomic E-state index is 12.9. The topological polar surface area (TPSA) is 88.6 Å². The lowest BCUT2D eigenvalue weighted by molar-refractivity contribution is -0.119.